The smallest absolute Gasteiger partial charge is 0.346 e. The van der Waals surface area contributed by atoms with Crippen molar-refractivity contribution in [1.82, 2.24) is 9.88 Å². The highest BCUT2D eigenvalue weighted by molar-refractivity contribution is 8.00. The summed E-state index contributed by atoms with van der Waals surface area (Å²) in [4.78, 5) is 41.3. The molecular formula is C20H23N3O5S. The van der Waals surface area contributed by atoms with E-state index in [0.717, 1.165) is 12.8 Å². The van der Waals surface area contributed by atoms with Crippen molar-refractivity contribution in [2.75, 3.05) is 18.8 Å². The topological polar surface area (TPSA) is 103 Å². The summed E-state index contributed by atoms with van der Waals surface area (Å²) in [6, 6.07) is 8.54. The van der Waals surface area contributed by atoms with Crippen LogP contribution in [-0.4, -0.2) is 45.5 Å². The molecule has 8 nitrogen and oxygen atoms in total. The number of hydrogen-bond donors (Lipinski definition) is 0. The maximum absolute atomic E-state index is 12.6. The number of nitro benzene ring substituents is 1. The maximum Gasteiger partial charge on any atom is 0.346 e. The lowest BCUT2D eigenvalue weighted by atomic mass is 10.3. The molecule has 0 radical (unpaired) electrons. The first-order valence-electron chi connectivity index (χ1n) is 9.28. The third-order valence-corrected chi connectivity index (χ3v) is 4.89. The molecular weight excluding hydrogens is 394 g/mol. The van der Waals surface area contributed by atoms with Crippen LogP contribution in [0.5, 0.6) is 5.75 Å². The van der Waals surface area contributed by atoms with Gasteiger partial charge in [-0.1, -0.05) is 31.7 Å². The summed E-state index contributed by atoms with van der Waals surface area (Å²) in [6.07, 6.45) is 3.29. The minimum Gasteiger partial charge on any atom is -0.423 e. The molecule has 0 saturated carbocycles. The van der Waals surface area contributed by atoms with E-state index in [1.165, 1.54) is 42.2 Å². The number of hydrogen-bond acceptors (Lipinski definition) is 7. The minimum atomic E-state index is -0.687. The van der Waals surface area contributed by atoms with Gasteiger partial charge in [0.1, 0.15) is 10.8 Å². The number of nitrogens with zero attached hydrogens (tertiary/aromatic N) is 3. The van der Waals surface area contributed by atoms with E-state index in [0.29, 0.717) is 18.1 Å². The van der Waals surface area contributed by atoms with Gasteiger partial charge in [0.2, 0.25) is 5.91 Å². The maximum atomic E-state index is 12.6. The van der Waals surface area contributed by atoms with Gasteiger partial charge >= 0.3 is 5.97 Å². The monoisotopic (exact) mass is 417 g/mol. The zero-order valence-electron chi connectivity index (χ0n) is 16.4. The number of non-ortho nitro benzene ring substituents is 1. The predicted molar refractivity (Wildman–Crippen MR) is 110 cm³/mol. The molecule has 154 valence electrons. The van der Waals surface area contributed by atoms with E-state index < -0.39 is 10.9 Å². The average Bonchev–Trinajstić information content (AvgIpc) is 2.72. The van der Waals surface area contributed by atoms with Gasteiger partial charge < -0.3 is 9.64 Å². The second-order valence-corrected chi connectivity index (χ2v) is 7.13. The number of pyridine rings is 1. The molecule has 0 aliphatic heterocycles. The number of nitro groups is 1. The van der Waals surface area contributed by atoms with Crippen LogP contribution in [-0.2, 0) is 4.79 Å². The summed E-state index contributed by atoms with van der Waals surface area (Å²) in [6.45, 7) is 5.42. The molecule has 9 heteroatoms. The first-order chi connectivity index (χ1) is 14.0. The van der Waals surface area contributed by atoms with Crippen molar-refractivity contribution >= 4 is 29.3 Å². The highest BCUT2D eigenvalue weighted by Gasteiger charge is 2.19. The van der Waals surface area contributed by atoms with Crippen molar-refractivity contribution < 1.29 is 19.2 Å². The predicted octanol–water partition coefficient (Wildman–Crippen LogP) is 3.95. The highest BCUT2D eigenvalue weighted by Crippen LogP contribution is 2.24. The van der Waals surface area contributed by atoms with Crippen molar-refractivity contribution in [3.63, 3.8) is 0 Å². The lowest BCUT2D eigenvalue weighted by Gasteiger charge is -2.21. The van der Waals surface area contributed by atoms with Crippen LogP contribution in [0.2, 0.25) is 0 Å². The summed E-state index contributed by atoms with van der Waals surface area (Å²) in [5.74, 6) is -0.472. The van der Waals surface area contributed by atoms with Gasteiger partial charge in [-0.2, -0.15) is 0 Å². The Morgan fingerprint density at radius 3 is 2.55 bits per heavy atom. The molecule has 0 atom stereocenters. The minimum absolute atomic E-state index is 0.0117. The summed E-state index contributed by atoms with van der Waals surface area (Å²) in [7, 11) is 0. The molecule has 0 unspecified atom stereocenters. The third-order valence-electron chi connectivity index (χ3n) is 3.90. The van der Waals surface area contributed by atoms with Gasteiger partial charge in [0, 0.05) is 25.4 Å². The van der Waals surface area contributed by atoms with Crippen molar-refractivity contribution in [3.8, 4) is 5.75 Å². The van der Waals surface area contributed by atoms with E-state index in [9.17, 15) is 19.7 Å². The Bertz CT molecular complexity index is 869. The molecule has 1 aromatic heterocycles. The van der Waals surface area contributed by atoms with Crippen LogP contribution in [0.15, 0.2) is 47.6 Å². The van der Waals surface area contributed by atoms with Crippen LogP contribution in [0, 0.1) is 10.1 Å². The van der Waals surface area contributed by atoms with Crippen molar-refractivity contribution in [2.45, 2.75) is 31.7 Å². The number of ether oxygens (including phenoxy) is 1. The van der Waals surface area contributed by atoms with Gasteiger partial charge in [-0.15, -0.1) is 0 Å². The van der Waals surface area contributed by atoms with Crippen LogP contribution in [0.25, 0.3) is 0 Å². The van der Waals surface area contributed by atoms with Crippen LogP contribution >= 0.6 is 11.8 Å². The van der Waals surface area contributed by atoms with E-state index in [1.807, 2.05) is 13.8 Å². The van der Waals surface area contributed by atoms with E-state index in [2.05, 4.69) is 4.98 Å². The quantitative estimate of drug-likeness (QED) is 0.190. The Balaban J connectivity index is 2.09. The fraction of sp³-hybridized carbons (Fsp3) is 0.350. The first kappa shape index (κ1) is 22.4. The molecule has 2 rings (SSSR count). The molecule has 0 spiro atoms. The summed E-state index contributed by atoms with van der Waals surface area (Å²) in [5, 5.41) is 11.3. The SMILES string of the molecule is CCCN(CCC)C(=O)CSc1ncccc1C(=O)Oc1cccc([N+](=O)[O-])c1. The number of thioether (sulfide) groups is 1. The number of carbonyl (C=O) groups is 2. The van der Waals surface area contributed by atoms with E-state index >= 15 is 0 Å². The number of carbonyl (C=O) groups excluding carboxylic acids is 2. The van der Waals surface area contributed by atoms with Crippen LogP contribution < -0.4 is 4.74 Å². The lowest BCUT2D eigenvalue weighted by molar-refractivity contribution is -0.384. The molecule has 0 saturated heterocycles. The second-order valence-electron chi connectivity index (χ2n) is 6.17. The molecule has 0 fully saturated rings. The summed E-state index contributed by atoms with van der Waals surface area (Å²) >= 11 is 1.17. The zero-order valence-corrected chi connectivity index (χ0v) is 17.2. The standard InChI is InChI=1S/C20H23N3O5S/c1-3-11-22(12-4-2)18(24)14-29-19-17(9-6-10-21-19)20(25)28-16-8-5-7-15(13-16)23(26)27/h5-10,13H,3-4,11-12,14H2,1-2H3. The summed E-state index contributed by atoms with van der Waals surface area (Å²) < 4.78 is 5.27. The molecule has 1 amide bonds. The van der Waals surface area contributed by atoms with Gasteiger partial charge in [-0.25, -0.2) is 9.78 Å². The normalized spacial score (nSPS) is 10.4. The largest absolute Gasteiger partial charge is 0.423 e. The molecule has 0 aliphatic rings. The van der Waals surface area contributed by atoms with E-state index in [-0.39, 0.29) is 28.7 Å². The van der Waals surface area contributed by atoms with Crippen molar-refractivity contribution in [2.24, 2.45) is 0 Å². The third kappa shape index (κ3) is 6.56. The Labute approximate surface area is 173 Å². The fourth-order valence-electron chi connectivity index (χ4n) is 2.61. The Kier molecular flexibility index (Phi) is 8.60. The second kappa shape index (κ2) is 11.2. The van der Waals surface area contributed by atoms with Crippen molar-refractivity contribution in [1.29, 1.82) is 0 Å². The number of aromatic nitrogens is 1. The number of esters is 1. The number of rotatable bonds is 10. The van der Waals surface area contributed by atoms with Gasteiger partial charge in [-0.3, -0.25) is 14.9 Å². The average molecular weight is 417 g/mol. The van der Waals surface area contributed by atoms with Gasteiger partial charge in [0.25, 0.3) is 5.69 Å². The Morgan fingerprint density at radius 1 is 1.17 bits per heavy atom. The first-order valence-corrected chi connectivity index (χ1v) is 10.3. The molecule has 0 bridgehead atoms. The Morgan fingerprint density at radius 2 is 1.90 bits per heavy atom. The molecule has 0 N–H and O–H groups in total. The highest BCUT2D eigenvalue weighted by atomic mass is 32.2. The van der Waals surface area contributed by atoms with Crippen molar-refractivity contribution in [3.05, 3.63) is 58.3 Å². The van der Waals surface area contributed by atoms with Gasteiger partial charge in [-0.05, 0) is 31.0 Å². The van der Waals surface area contributed by atoms with Crippen LogP contribution in [0.1, 0.15) is 37.0 Å². The molecule has 1 heterocycles. The lowest BCUT2D eigenvalue weighted by Crippen LogP contribution is -2.33. The fourth-order valence-corrected chi connectivity index (χ4v) is 3.49. The van der Waals surface area contributed by atoms with E-state index in [1.54, 1.807) is 17.0 Å². The molecule has 29 heavy (non-hydrogen) atoms. The molecule has 0 aliphatic carbocycles. The summed E-state index contributed by atoms with van der Waals surface area (Å²) in [5.41, 5.74) is 0.0305. The zero-order chi connectivity index (χ0) is 21.2. The molecule has 1 aromatic carbocycles. The number of benzene rings is 1. The van der Waals surface area contributed by atoms with Crippen LogP contribution in [0.4, 0.5) is 5.69 Å². The van der Waals surface area contributed by atoms with Gasteiger partial charge in [0.15, 0.2) is 0 Å². The van der Waals surface area contributed by atoms with E-state index in [4.69, 9.17) is 4.74 Å². The van der Waals surface area contributed by atoms with Gasteiger partial charge in [0.05, 0.1) is 22.3 Å². The number of amides is 1. The molecule has 2 aromatic rings. The Hall–Kier alpha value is -2.94. The van der Waals surface area contributed by atoms with Crippen LogP contribution in [0.3, 0.4) is 0 Å².